The average Bonchev–Trinajstić information content (AvgIpc) is 2.59. The Kier molecular flexibility index (Phi) is 22.7. The van der Waals surface area contributed by atoms with Crippen molar-refractivity contribution in [1.82, 2.24) is 26.6 Å². The molecule has 1 aliphatic heterocycles. The van der Waals surface area contributed by atoms with Crippen LogP contribution in [-0.2, 0) is 13.1 Å². The standard InChI is InChI=1S/C15H36N6.2ClH.Mn/c1-16-5-3-2-4-15-14-20-11-10-18-7-6-17-8-9-19-12-13-21-15;;;/h15-21H,2-14H2,1H3;2*1H;/q;;;+2/p-1/t15-;;;/m0.../s1. The van der Waals surface area contributed by atoms with Gasteiger partial charge in [0, 0.05) is 64.9 Å². The summed E-state index contributed by atoms with van der Waals surface area (Å²) in [6, 6.07) is 0.604. The summed E-state index contributed by atoms with van der Waals surface area (Å²) in [5, 5.41) is 19.9. The third kappa shape index (κ3) is 19.2. The fraction of sp³-hybridized carbons (Fsp3) is 1.00. The van der Waals surface area contributed by atoms with Crippen LogP contribution in [0.15, 0.2) is 0 Å². The normalized spacial score (nSPS) is 21.9. The van der Waals surface area contributed by atoms with E-state index in [4.69, 9.17) is 20.2 Å². The van der Waals surface area contributed by atoms with Crippen molar-refractivity contribution in [2.75, 3.05) is 72.5 Å². The van der Waals surface area contributed by atoms with Crippen molar-refractivity contribution in [3.8, 4) is 0 Å². The molecule has 0 spiro atoms. The molecule has 1 saturated heterocycles. The minimum absolute atomic E-state index is 0.00694. The molecule has 1 fully saturated rings. The van der Waals surface area contributed by atoms with Crippen molar-refractivity contribution in [1.29, 1.82) is 0 Å². The summed E-state index contributed by atoms with van der Waals surface area (Å²) in [4.78, 5) is 0. The summed E-state index contributed by atoms with van der Waals surface area (Å²) < 4.78 is 0. The third-order valence-electron chi connectivity index (χ3n) is 3.86. The fourth-order valence-electron chi connectivity index (χ4n) is 2.56. The predicted octanol–water partition coefficient (Wildman–Crippen LogP) is -0.943. The van der Waals surface area contributed by atoms with E-state index in [1.165, 1.54) is 25.8 Å². The summed E-state index contributed by atoms with van der Waals surface area (Å²) in [6.07, 6.45) is 3.91. The first-order chi connectivity index (χ1) is 11.8. The van der Waals surface area contributed by atoms with Crippen molar-refractivity contribution < 1.29 is 18.5 Å². The van der Waals surface area contributed by atoms with Gasteiger partial charge in [-0.15, -0.1) is 0 Å². The van der Waals surface area contributed by atoms with E-state index < -0.39 is 0 Å². The summed E-state index contributed by atoms with van der Waals surface area (Å²) in [5.74, 6) is 0. The van der Waals surface area contributed by atoms with Crippen molar-refractivity contribution >= 4 is 20.2 Å². The van der Waals surface area contributed by atoms with Crippen LogP contribution in [0.25, 0.3) is 0 Å². The van der Waals surface area contributed by atoms with Crippen LogP contribution in [0.4, 0.5) is 0 Å². The summed E-state index contributed by atoms with van der Waals surface area (Å²) >= 11 is 0.00694. The first-order valence-electron chi connectivity index (χ1n) is 9.06. The number of halogens is 2. The molecule has 1 aliphatic rings. The molecule has 1 atom stereocenters. The van der Waals surface area contributed by atoms with Gasteiger partial charge in [-0.3, -0.25) is 0 Å². The zero-order valence-corrected chi connectivity index (χ0v) is 17.7. The van der Waals surface area contributed by atoms with Gasteiger partial charge in [-0.25, -0.2) is 0 Å². The number of nitrogens with two attached hydrogens (primary N) is 1. The van der Waals surface area contributed by atoms with Gasteiger partial charge in [0.05, 0.1) is 13.6 Å². The molecule has 0 aromatic heterocycles. The molecule has 0 unspecified atom stereocenters. The SMILES string of the molecule is C[NH2+]CCCC[C@H]1CNCCNCCNCCNCCN1.[Cl][Mn][Cl]. The molecule has 0 aromatic carbocycles. The molecule has 0 bridgehead atoms. The Morgan fingerprint density at radius 3 is 1.88 bits per heavy atom. The molecule has 9 heteroatoms. The number of hydrogen-bond acceptors (Lipinski definition) is 5. The molecule has 147 valence electrons. The average molecular weight is 427 g/mol. The third-order valence-corrected chi connectivity index (χ3v) is 3.86. The van der Waals surface area contributed by atoms with Crippen LogP contribution in [-0.4, -0.2) is 78.5 Å². The molecule has 0 aromatic rings. The van der Waals surface area contributed by atoms with Crippen LogP contribution in [0.1, 0.15) is 19.3 Å². The van der Waals surface area contributed by atoms with Crippen molar-refractivity contribution in [2.45, 2.75) is 25.3 Å². The van der Waals surface area contributed by atoms with E-state index in [0.29, 0.717) is 6.04 Å². The number of nitrogens with one attached hydrogen (secondary N) is 5. The van der Waals surface area contributed by atoms with Gasteiger partial charge in [0.25, 0.3) is 0 Å². The Balaban J connectivity index is 0.00000163. The summed E-state index contributed by atoms with van der Waals surface area (Å²) in [6.45, 7) is 10.8. The second kappa shape index (κ2) is 21.9. The molecule has 0 aliphatic carbocycles. The number of rotatable bonds is 5. The van der Waals surface area contributed by atoms with E-state index in [2.05, 4.69) is 38.9 Å². The van der Waals surface area contributed by atoms with Crippen LogP contribution in [0.3, 0.4) is 0 Å². The van der Waals surface area contributed by atoms with Crippen molar-refractivity contribution in [2.24, 2.45) is 0 Å². The van der Waals surface area contributed by atoms with E-state index in [1.807, 2.05) is 0 Å². The maximum atomic E-state index is 4.80. The second-order valence-electron chi connectivity index (χ2n) is 5.85. The van der Waals surface area contributed by atoms with Crippen LogP contribution >= 0.6 is 20.2 Å². The maximum absolute atomic E-state index is 4.80. The summed E-state index contributed by atoms with van der Waals surface area (Å²) in [5.41, 5.74) is 0. The summed E-state index contributed by atoms with van der Waals surface area (Å²) in [7, 11) is 11.7. The van der Waals surface area contributed by atoms with E-state index in [1.54, 1.807) is 0 Å². The van der Waals surface area contributed by atoms with Gasteiger partial charge in [-0.1, -0.05) is 0 Å². The van der Waals surface area contributed by atoms with Crippen LogP contribution in [0.2, 0.25) is 0 Å². The van der Waals surface area contributed by atoms with E-state index in [9.17, 15) is 0 Å². The first kappa shape index (κ1) is 24.9. The van der Waals surface area contributed by atoms with Gasteiger partial charge < -0.3 is 31.9 Å². The van der Waals surface area contributed by atoms with Gasteiger partial charge in [-0.05, 0) is 19.3 Å². The zero-order chi connectivity index (χ0) is 17.7. The van der Waals surface area contributed by atoms with Gasteiger partial charge in [0.1, 0.15) is 0 Å². The van der Waals surface area contributed by atoms with Gasteiger partial charge in [0.2, 0.25) is 0 Å². The molecule has 0 amide bonds. The molecule has 1 heterocycles. The van der Waals surface area contributed by atoms with Crippen molar-refractivity contribution in [3.05, 3.63) is 0 Å². The number of quaternary nitrogens is 1. The van der Waals surface area contributed by atoms with Gasteiger partial charge in [-0.2, -0.15) is 0 Å². The predicted molar refractivity (Wildman–Crippen MR) is 102 cm³/mol. The molecule has 1 rings (SSSR count). The van der Waals surface area contributed by atoms with Gasteiger partial charge >= 0.3 is 33.3 Å². The Morgan fingerprint density at radius 2 is 1.33 bits per heavy atom. The monoisotopic (exact) mass is 426 g/mol. The Hall–Kier alpha value is 0.859. The molecule has 6 nitrogen and oxygen atoms in total. The first-order valence-corrected chi connectivity index (χ1v) is 12.3. The second-order valence-corrected chi connectivity index (χ2v) is 7.80. The Bertz CT molecular complexity index is 226. The van der Waals surface area contributed by atoms with Gasteiger partial charge in [0.15, 0.2) is 0 Å². The van der Waals surface area contributed by atoms with Crippen LogP contribution in [0, 0.1) is 0 Å². The minimum atomic E-state index is 0.00694. The van der Waals surface area contributed by atoms with E-state index >= 15 is 0 Å². The molecule has 0 saturated carbocycles. The van der Waals surface area contributed by atoms with Crippen LogP contribution in [0.5, 0.6) is 0 Å². The molecular formula is C15H37Cl2MnN6+. The Labute approximate surface area is 162 Å². The quantitative estimate of drug-likeness (QED) is 0.252. The van der Waals surface area contributed by atoms with Crippen molar-refractivity contribution in [3.63, 3.8) is 0 Å². The number of hydrogen-bond donors (Lipinski definition) is 6. The fourth-order valence-corrected chi connectivity index (χ4v) is 2.56. The molecule has 24 heavy (non-hydrogen) atoms. The topological polar surface area (TPSA) is 76.8 Å². The number of unbranched alkanes of at least 4 members (excludes halogenated alkanes) is 1. The van der Waals surface area contributed by atoms with E-state index in [-0.39, 0.29) is 13.1 Å². The molecule has 0 radical (unpaired) electrons. The Morgan fingerprint density at radius 1 is 0.833 bits per heavy atom. The zero-order valence-electron chi connectivity index (χ0n) is 15.0. The molecular weight excluding hydrogens is 390 g/mol. The van der Waals surface area contributed by atoms with Crippen LogP contribution < -0.4 is 31.9 Å². The molecule has 7 N–H and O–H groups in total. The van der Waals surface area contributed by atoms with E-state index in [0.717, 1.165) is 58.9 Å².